The number of benzene rings is 2. The number of carbonyl (C=O) groups is 2. The van der Waals surface area contributed by atoms with Crippen molar-refractivity contribution in [1.29, 1.82) is 0 Å². The summed E-state index contributed by atoms with van der Waals surface area (Å²) in [4.78, 5) is 25.0. The first-order valence-corrected chi connectivity index (χ1v) is 9.75. The molecule has 0 saturated carbocycles. The van der Waals surface area contributed by atoms with Crippen LogP contribution in [0.3, 0.4) is 0 Å². The van der Waals surface area contributed by atoms with Gasteiger partial charge in [-0.3, -0.25) is 9.59 Å². The van der Waals surface area contributed by atoms with E-state index in [4.69, 9.17) is 32.7 Å². The smallest absolute Gasteiger partial charge is 0.278 e. The lowest BCUT2D eigenvalue weighted by atomic mass is 10.2. The van der Waals surface area contributed by atoms with Crippen LogP contribution in [0.2, 0.25) is 10.0 Å². The van der Waals surface area contributed by atoms with Gasteiger partial charge < -0.3 is 20.1 Å². The van der Waals surface area contributed by atoms with Gasteiger partial charge in [-0.05, 0) is 25.1 Å². The third-order valence-corrected chi connectivity index (χ3v) is 4.87. The van der Waals surface area contributed by atoms with Crippen molar-refractivity contribution in [2.75, 3.05) is 24.9 Å². The van der Waals surface area contributed by atoms with E-state index < -0.39 is 5.91 Å². The minimum absolute atomic E-state index is 0.0619. The van der Waals surface area contributed by atoms with Gasteiger partial charge in [-0.15, -0.1) is 5.10 Å². The van der Waals surface area contributed by atoms with Gasteiger partial charge in [-0.1, -0.05) is 28.4 Å². The summed E-state index contributed by atoms with van der Waals surface area (Å²) < 4.78 is 11.7. The zero-order chi connectivity index (χ0) is 22.5. The number of rotatable bonds is 7. The Bertz CT molecular complexity index is 1110. The summed E-state index contributed by atoms with van der Waals surface area (Å²) in [6.07, 6.45) is 0. The molecule has 2 amide bonds. The molecule has 0 aliphatic heterocycles. The Kier molecular flexibility index (Phi) is 6.98. The van der Waals surface area contributed by atoms with Crippen molar-refractivity contribution in [3.05, 3.63) is 57.8 Å². The van der Waals surface area contributed by atoms with E-state index in [1.165, 1.54) is 25.0 Å². The fourth-order valence-electron chi connectivity index (χ4n) is 2.71. The molecular formula is C20H19Cl2N5O4. The van der Waals surface area contributed by atoms with Gasteiger partial charge in [-0.2, -0.15) is 0 Å². The van der Waals surface area contributed by atoms with Crippen molar-refractivity contribution in [2.45, 2.75) is 13.5 Å². The maximum absolute atomic E-state index is 12.6. The fraction of sp³-hybridized carbons (Fsp3) is 0.200. The third kappa shape index (κ3) is 5.44. The van der Waals surface area contributed by atoms with Crippen LogP contribution in [-0.4, -0.2) is 41.0 Å². The van der Waals surface area contributed by atoms with Crippen molar-refractivity contribution in [2.24, 2.45) is 0 Å². The first-order valence-electron chi connectivity index (χ1n) is 9.00. The van der Waals surface area contributed by atoms with Gasteiger partial charge in [0.2, 0.25) is 5.91 Å². The monoisotopic (exact) mass is 463 g/mol. The molecular weight excluding hydrogens is 445 g/mol. The molecule has 2 aromatic carbocycles. The Balaban J connectivity index is 1.70. The Morgan fingerprint density at radius 3 is 2.35 bits per heavy atom. The van der Waals surface area contributed by atoms with Crippen LogP contribution in [0.4, 0.5) is 11.4 Å². The largest absolute Gasteiger partial charge is 0.497 e. The van der Waals surface area contributed by atoms with Crippen molar-refractivity contribution in [1.82, 2.24) is 15.0 Å². The molecule has 0 aliphatic rings. The molecule has 0 radical (unpaired) electrons. The molecule has 31 heavy (non-hydrogen) atoms. The van der Waals surface area contributed by atoms with Gasteiger partial charge in [0, 0.05) is 28.9 Å². The Morgan fingerprint density at radius 1 is 1.03 bits per heavy atom. The zero-order valence-electron chi connectivity index (χ0n) is 16.9. The highest BCUT2D eigenvalue weighted by atomic mass is 35.5. The lowest BCUT2D eigenvalue weighted by Gasteiger charge is -2.10. The third-order valence-electron chi connectivity index (χ3n) is 4.30. The standard InChI is InChI=1S/C20H19Cl2N5O4/c1-11-19(20(29)24-17-6-12(21)4-5-16(17)22)25-26-27(11)10-18(28)23-13-7-14(30-2)9-15(8-13)31-3/h4-9H,10H2,1-3H3,(H,23,28)(H,24,29). The van der Waals surface area contributed by atoms with Gasteiger partial charge in [0.15, 0.2) is 5.69 Å². The summed E-state index contributed by atoms with van der Waals surface area (Å²) in [6.45, 7) is 1.49. The van der Waals surface area contributed by atoms with Gasteiger partial charge in [0.1, 0.15) is 18.0 Å². The average molecular weight is 464 g/mol. The van der Waals surface area contributed by atoms with Gasteiger partial charge >= 0.3 is 0 Å². The van der Waals surface area contributed by atoms with Crippen LogP contribution in [0.5, 0.6) is 11.5 Å². The highest BCUT2D eigenvalue weighted by Gasteiger charge is 2.19. The summed E-state index contributed by atoms with van der Waals surface area (Å²) in [5, 5.41) is 13.9. The summed E-state index contributed by atoms with van der Waals surface area (Å²) in [6, 6.07) is 9.70. The highest BCUT2D eigenvalue weighted by molar-refractivity contribution is 6.35. The average Bonchev–Trinajstić information content (AvgIpc) is 3.10. The van der Waals surface area contributed by atoms with Crippen LogP contribution >= 0.6 is 23.2 Å². The van der Waals surface area contributed by atoms with Gasteiger partial charge in [0.25, 0.3) is 5.91 Å². The summed E-state index contributed by atoms with van der Waals surface area (Å²) in [5.41, 5.74) is 1.31. The molecule has 11 heteroatoms. The maximum atomic E-state index is 12.6. The van der Waals surface area contributed by atoms with E-state index in [0.717, 1.165) is 0 Å². The van der Waals surface area contributed by atoms with E-state index in [0.29, 0.717) is 38.6 Å². The maximum Gasteiger partial charge on any atom is 0.278 e. The van der Waals surface area contributed by atoms with Crippen molar-refractivity contribution in [3.63, 3.8) is 0 Å². The first-order chi connectivity index (χ1) is 14.8. The van der Waals surface area contributed by atoms with E-state index in [-0.39, 0.29) is 18.1 Å². The van der Waals surface area contributed by atoms with E-state index in [9.17, 15) is 9.59 Å². The molecule has 3 aromatic rings. The minimum Gasteiger partial charge on any atom is -0.497 e. The van der Waals surface area contributed by atoms with Crippen LogP contribution in [-0.2, 0) is 11.3 Å². The molecule has 0 fully saturated rings. The van der Waals surface area contributed by atoms with Crippen LogP contribution < -0.4 is 20.1 Å². The molecule has 0 bridgehead atoms. The van der Waals surface area contributed by atoms with Crippen molar-refractivity contribution in [3.8, 4) is 11.5 Å². The Hall–Kier alpha value is -3.30. The number of halogens is 2. The molecule has 162 valence electrons. The van der Waals surface area contributed by atoms with Crippen molar-refractivity contribution < 1.29 is 19.1 Å². The molecule has 0 saturated heterocycles. The van der Waals surface area contributed by atoms with Crippen LogP contribution in [0.15, 0.2) is 36.4 Å². The lowest BCUT2D eigenvalue weighted by molar-refractivity contribution is -0.117. The lowest BCUT2D eigenvalue weighted by Crippen LogP contribution is -2.21. The number of anilines is 2. The van der Waals surface area contributed by atoms with Crippen LogP contribution in [0.1, 0.15) is 16.2 Å². The van der Waals surface area contributed by atoms with Crippen LogP contribution in [0.25, 0.3) is 0 Å². The number of nitrogens with one attached hydrogen (secondary N) is 2. The number of nitrogens with zero attached hydrogens (tertiary/aromatic N) is 3. The molecule has 3 rings (SSSR count). The van der Waals surface area contributed by atoms with Gasteiger partial charge in [0.05, 0.1) is 30.6 Å². The molecule has 0 spiro atoms. The number of amides is 2. The minimum atomic E-state index is -0.522. The second kappa shape index (κ2) is 9.67. The first kappa shape index (κ1) is 22.4. The van der Waals surface area contributed by atoms with E-state index in [2.05, 4.69) is 20.9 Å². The van der Waals surface area contributed by atoms with E-state index in [1.807, 2.05) is 0 Å². The van der Waals surface area contributed by atoms with E-state index in [1.54, 1.807) is 37.3 Å². The number of ether oxygens (including phenoxy) is 2. The fourth-order valence-corrected chi connectivity index (χ4v) is 3.05. The molecule has 1 aromatic heterocycles. The SMILES string of the molecule is COc1cc(NC(=O)Cn2nnc(C(=O)Nc3cc(Cl)ccc3Cl)c2C)cc(OC)c1. The molecule has 1 heterocycles. The number of methoxy groups -OCH3 is 2. The summed E-state index contributed by atoms with van der Waals surface area (Å²) in [7, 11) is 3.03. The molecule has 9 nitrogen and oxygen atoms in total. The molecule has 0 aliphatic carbocycles. The van der Waals surface area contributed by atoms with Crippen LogP contribution in [0, 0.1) is 6.92 Å². The molecule has 0 atom stereocenters. The molecule has 0 unspecified atom stereocenters. The normalized spacial score (nSPS) is 10.5. The summed E-state index contributed by atoms with van der Waals surface area (Å²) in [5.74, 6) is 0.175. The summed E-state index contributed by atoms with van der Waals surface area (Å²) >= 11 is 12.0. The molecule has 2 N–H and O–H groups in total. The highest BCUT2D eigenvalue weighted by Crippen LogP contribution is 2.27. The van der Waals surface area contributed by atoms with E-state index >= 15 is 0 Å². The second-order valence-corrected chi connectivity index (χ2v) is 7.25. The number of aromatic nitrogens is 3. The zero-order valence-corrected chi connectivity index (χ0v) is 18.4. The number of carbonyl (C=O) groups excluding carboxylic acids is 2. The predicted octanol–water partition coefficient (Wildman–Crippen LogP) is 3.80. The second-order valence-electron chi connectivity index (χ2n) is 6.41. The topological polar surface area (TPSA) is 107 Å². The number of hydrogen-bond acceptors (Lipinski definition) is 6. The Labute approximate surface area is 188 Å². The quantitative estimate of drug-likeness (QED) is 0.551. The van der Waals surface area contributed by atoms with Crippen molar-refractivity contribution >= 4 is 46.4 Å². The Morgan fingerprint density at radius 2 is 1.71 bits per heavy atom. The number of hydrogen-bond donors (Lipinski definition) is 2. The predicted molar refractivity (Wildman–Crippen MR) is 117 cm³/mol. The van der Waals surface area contributed by atoms with Gasteiger partial charge in [-0.25, -0.2) is 4.68 Å².